The van der Waals surface area contributed by atoms with Crippen LogP contribution in [0.2, 0.25) is 0 Å². The molecule has 1 aliphatic heterocycles. The highest BCUT2D eigenvalue weighted by Gasteiger charge is 2.40. The van der Waals surface area contributed by atoms with Gasteiger partial charge in [0.25, 0.3) is 0 Å². The van der Waals surface area contributed by atoms with Gasteiger partial charge in [-0.05, 0) is 32.8 Å². The molecule has 4 amide bonds. The van der Waals surface area contributed by atoms with E-state index in [0.717, 1.165) is 10.5 Å². The molecule has 1 unspecified atom stereocenters. The number of nitrogens with zero attached hydrogens (tertiary/aromatic N) is 2. The van der Waals surface area contributed by atoms with Crippen LogP contribution in [0, 0.1) is 0 Å². The van der Waals surface area contributed by atoms with Gasteiger partial charge in [0, 0.05) is 6.54 Å². The minimum absolute atomic E-state index is 0.00834. The van der Waals surface area contributed by atoms with Crippen molar-refractivity contribution in [3.8, 4) is 0 Å². The molecule has 8 heteroatoms. The summed E-state index contributed by atoms with van der Waals surface area (Å²) in [5.74, 6) is -0.401. The van der Waals surface area contributed by atoms with Crippen molar-refractivity contribution in [2.45, 2.75) is 44.2 Å². The van der Waals surface area contributed by atoms with Crippen molar-refractivity contribution in [1.82, 2.24) is 9.96 Å². The fraction of sp³-hybridized carbons (Fsp3) is 0.471. The number of amides is 4. The average Bonchev–Trinajstić information content (AvgIpc) is 2.86. The zero-order valence-corrected chi connectivity index (χ0v) is 16.0. The number of benzene rings is 1. The van der Waals surface area contributed by atoms with E-state index < -0.39 is 28.5 Å². The SMILES string of the molecule is CC(C)(C)OC(=O)N(OCc1ccccc1)C(=O)N1CCC(Br)C1=O. The Morgan fingerprint density at radius 1 is 1.28 bits per heavy atom. The van der Waals surface area contributed by atoms with Crippen LogP contribution >= 0.6 is 15.9 Å². The highest BCUT2D eigenvalue weighted by molar-refractivity contribution is 9.10. The molecule has 1 aromatic rings. The van der Waals surface area contributed by atoms with Crippen molar-refractivity contribution in [2.24, 2.45) is 0 Å². The quantitative estimate of drug-likeness (QED) is 0.560. The van der Waals surface area contributed by atoms with Gasteiger partial charge in [0.1, 0.15) is 12.2 Å². The molecular formula is C17H21BrN2O5. The van der Waals surface area contributed by atoms with Crippen molar-refractivity contribution in [3.63, 3.8) is 0 Å². The molecular weight excluding hydrogens is 392 g/mol. The van der Waals surface area contributed by atoms with Crippen LogP contribution in [-0.2, 0) is 21.0 Å². The van der Waals surface area contributed by atoms with Crippen LogP contribution in [-0.4, -0.2) is 45.0 Å². The Hall–Kier alpha value is -1.93. The molecule has 7 nitrogen and oxygen atoms in total. The van der Waals surface area contributed by atoms with Crippen LogP contribution in [0.1, 0.15) is 32.8 Å². The molecule has 0 saturated carbocycles. The highest BCUT2D eigenvalue weighted by Crippen LogP contribution is 2.21. The lowest BCUT2D eigenvalue weighted by molar-refractivity contribution is -0.138. The standard InChI is InChI=1S/C17H21BrN2O5/c1-17(2,3)25-16(23)20(24-11-12-7-5-4-6-8-12)15(22)19-10-9-13(18)14(19)21/h4-8,13H,9-11H2,1-3H3. The fourth-order valence-corrected chi connectivity index (χ4v) is 2.60. The van der Waals surface area contributed by atoms with Crippen LogP contribution < -0.4 is 0 Å². The number of hydrogen-bond acceptors (Lipinski definition) is 5. The van der Waals surface area contributed by atoms with E-state index in [9.17, 15) is 14.4 Å². The van der Waals surface area contributed by atoms with Crippen molar-refractivity contribution >= 4 is 34.0 Å². The molecule has 2 rings (SSSR count). The molecule has 0 radical (unpaired) electrons. The summed E-state index contributed by atoms with van der Waals surface area (Å²) >= 11 is 3.20. The summed E-state index contributed by atoms with van der Waals surface area (Å²) in [5.41, 5.74) is -0.0337. The highest BCUT2D eigenvalue weighted by atomic mass is 79.9. The number of alkyl halides is 1. The molecule has 0 bridgehead atoms. The van der Waals surface area contributed by atoms with E-state index in [0.29, 0.717) is 11.5 Å². The molecule has 1 saturated heterocycles. The Morgan fingerprint density at radius 2 is 1.92 bits per heavy atom. The summed E-state index contributed by atoms with van der Waals surface area (Å²) in [6.07, 6.45) is -0.481. The van der Waals surface area contributed by atoms with Gasteiger partial charge in [-0.15, -0.1) is 0 Å². The zero-order chi connectivity index (χ0) is 18.6. The lowest BCUT2D eigenvalue weighted by Gasteiger charge is -2.27. The average molecular weight is 413 g/mol. The summed E-state index contributed by atoms with van der Waals surface area (Å²) in [6.45, 7) is 5.24. The number of hydroxylamine groups is 2. The van der Waals surface area contributed by atoms with E-state index in [2.05, 4.69) is 15.9 Å². The van der Waals surface area contributed by atoms with Crippen molar-refractivity contribution in [3.05, 3.63) is 35.9 Å². The van der Waals surface area contributed by atoms with E-state index in [-0.39, 0.29) is 13.2 Å². The minimum atomic E-state index is -0.959. The van der Waals surface area contributed by atoms with Gasteiger partial charge in [0.15, 0.2) is 0 Å². The number of carbonyl (C=O) groups is 3. The molecule has 1 fully saturated rings. The molecule has 1 aliphatic rings. The summed E-state index contributed by atoms with van der Waals surface area (Å²) in [6, 6.07) is 8.23. The summed E-state index contributed by atoms with van der Waals surface area (Å²) in [7, 11) is 0. The maximum atomic E-state index is 12.6. The molecule has 25 heavy (non-hydrogen) atoms. The summed E-state index contributed by atoms with van der Waals surface area (Å²) in [4.78, 5) is 43.0. The first-order valence-electron chi connectivity index (χ1n) is 7.88. The van der Waals surface area contributed by atoms with E-state index in [1.54, 1.807) is 32.9 Å². The minimum Gasteiger partial charge on any atom is -0.442 e. The third kappa shape index (κ3) is 5.27. The Bertz CT molecular complexity index is 644. The Kier molecular flexibility index (Phi) is 6.18. The van der Waals surface area contributed by atoms with Gasteiger partial charge < -0.3 is 4.74 Å². The van der Waals surface area contributed by atoms with Crippen LogP contribution in [0.25, 0.3) is 0 Å². The number of carbonyl (C=O) groups excluding carboxylic acids is 3. The summed E-state index contributed by atoms with van der Waals surface area (Å²) < 4.78 is 5.22. The van der Waals surface area contributed by atoms with Gasteiger partial charge in [-0.2, -0.15) is 0 Å². The predicted octanol–water partition coefficient (Wildman–Crippen LogP) is 3.47. The van der Waals surface area contributed by atoms with Crippen molar-refractivity contribution in [2.75, 3.05) is 6.54 Å². The molecule has 0 N–H and O–H groups in total. The second kappa shape index (κ2) is 7.97. The zero-order valence-electron chi connectivity index (χ0n) is 14.4. The number of hydrogen-bond donors (Lipinski definition) is 0. The van der Waals surface area contributed by atoms with E-state index >= 15 is 0 Å². The normalized spacial score (nSPS) is 17.5. The van der Waals surface area contributed by atoms with Gasteiger partial charge in [0.05, 0.1) is 4.83 Å². The van der Waals surface area contributed by atoms with Crippen LogP contribution in [0.5, 0.6) is 0 Å². The van der Waals surface area contributed by atoms with E-state index in [4.69, 9.17) is 9.57 Å². The van der Waals surface area contributed by atoms with Gasteiger partial charge in [-0.25, -0.2) is 9.59 Å². The van der Waals surface area contributed by atoms with Crippen LogP contribution in [0.4, 0.5) is 9.59 Å². The molecule has 1 atom stereocenters. The van der Waals surface area contributed by atoms with Gasteiger partial charge in [-0.1, -0.05) is 51.3 Å². The van der Waals surface area contributed by atoms with Gasteiger partial charge in [0.2, 0.25) is 5.91 Å². The van der Waals surface area contributed by atoms with E-state index in [1.807, 2.05) is 18.2 Å². The first-order valence-corrected chi connectivity index (χ1v) is 8.80. The molecule has 1 aromatic carbocycles. The molecule has 136 valence electrons. The number of ether oxygens (including phenoxy) is 1. The Morgan fingerprint density at radius 3 is 2.44 bits per heavy atom. The maximum absolute atomic E-state index is 12.6. The van der Waals surface area contributed by atoms with Gasteiger partial charge >= 0.3 is 12.1 Å². The molecule has 0 aromatic heterocycles. The van der Waals surface area contributed by atoms with Crippen molar-refractivity contribution < 1.29 is 24.0 Å². The number of imide groups is 2. The van der Waals surface area contributed by atoms with Gasteiger partial charge in [-0.3, -0.25) is 14.5 Å². The lowest BCUT2D eigenvalue weighted by Crippen LogP contribution is -2.48. The predicted molar refractivity (Wildman–Crippen MR) is 93.7 cm³/mol. The first kappa shape index (κ1) is 19.4. The second-order valence-electron chi connectivity index (χ2n) is 6.56. The van der Waals surface area contributed by atoms with E-state index in [1.165, 1.54) is 0 Å². The Labute approximate surface area is 154 Å². The number of urea groups is 1. The summed E-state index contributed by atoms with van der Waals surface area (Å²) in [5, 5.41) is 0.515. The third-order valence-electron chi connectivity index (χ3n) is 3.31. The first-order chi connectivity index (χ1) is 11.7. The third-order valence-corrected chi connectivity index (χ3v) is 4.16. The smallest absolute Gasteiger partial charge is 0.442 e. The lowest BCUT2D eigenvalue weighted by atomic mass is 10.2. The largest absolute Gasteiger partial charge is 0.443 e. The topological polar surface area (TPSA) is 76.2 Å². The van der Waals surface area contributed by atoms with Crippen molar-refractivity contribution in [1.29, 1.82) is 0 Å². The number of likely N-dealkylation sites (tertiary alicyclic amines) is 1. The number of rotatable bonds is 3. The molecule has 0 spiro atoms. The van der Waals surface area contributed by atoms with Crippen LogP contribution in [0.3, 0.4) is 0 Å². The molecule has 0 aliphatic carbocycles. The molecule has 1 heterocycles. The fourth-order valence-electron chi connectivity index (χ4n) is 2.15. The Balaban J connectivity index is 2.14. The maximum Gasteiger partial charge on any atom is 0.443 e. The second-order valence-corrected chi connectivity index (χ2v) is 7.67. The van der Waals surface area contributed by atoms with Crippen LogP contribution in [0.15, 0.2) is 30.3 Å². The monoisotopic (exact) mass is 412 g/mol. The number of halogens is 1.